The lowest BCUT2D eigenvalue weighted by Gasteiger charge is -2.34. The van der Waals surface area contributed by atoms with Gasteiger partial charge in [-0.3, -0.25) is 9.59 Å². The van der Waals surface area contributed by atoms with Gasteiger partial charge in [0.2, 0.25) is 0 Å². The summed E-state index contributed by atoms with van der Waals surface area (Å²) in [5.41, 5.74) is 2.04. The fourth-order valence-electron chi connectivity index (χ4n) is 3.47. The summed E-state index contributed by atoms with van der Waals surface area (Å²) in [5, 5.41) is 18.2. The third-order valence-corrected chi connectivity index (χ3v) is 5.63. The quantitative estimate of drug-likeness (QED) is 0.636. The molecule has 8 nitrogen and oxygen atoms in total. The number of nitrogens with zero attached hydrogens (tertiary/aromatic N) is 5. The number of halogens is 1. The number of phenols is 1. The molecule has 0 saturated carbocycles. The molecule has 1 fully saturated rings. The number of aromatic nitrogens is 3. The fourth-order valence-corrected chi connectivity index (χ4v) is 3.85. The zero-order valence-electron chi connectivity index (χ0n) is 16.3. The van der Waals surface area contributed by atoms with Crippen LogP contribution in [0.2, 0.25) is 0 Å². The van der Waals surface area contributed by atoms with Crippen LogP contribution in [-0.4, -0.2) is 67.9 Å². The Hall–Kier alpha value is -3.20. The van der Waals surface area contributed by atoms with Gasteiger partial charge in [0.05, 0.1) is 16.9 Å². The van der Waals surface area contributed by atoms with Crippen molar-refractivity contribution in [2.24, 2.45) is 0 Å². The third-order valence-electron chi connectivity index (χ3n) is 5.14. The first-order chi connectivity index (χ1) is 14.5. The normalized spacial score (nSPS) is 14.1. The topological polar surface area (TPSA) is 91.6 Å². The van der Waals surface area contributed by atoms with Crippen molar-refractivity contribution >= 4 is 27.7 Å². The summed E-state index contributed by atoms with van der Waals surface area (Å²) in [6, 6.07) is 14.1. The molecule has 2 heterocycles. The number of phenolic OH excluding ortho intramolecular Hbond substituents is 1. The minimum Gasteiger partial charge on any atom is -0.507 e. The maximum absolute atomic E-state index is 13.0. The van der Waals surface area contributed by atoms with Gasteiger partial charge in [0.25, 0.3) is 11.8 Å². The maximum Gasteiger partial charge on any atom is 0.276 e. The highest BCUT2D eigenvalue weighted by Gasteiger charge is 2.29. The summed E-state index contributed by atoms with van der Waals surface area (Å²) in [6.45, 7) is 3.37. The largest absolute Gasteiger partial charge is 0.507 e. The molecule has 154 valence electrons. The van der Waals surface area contributed by atoms with Crippen molar-refractivity contribution in [1.29, 1.82) is 0 Å². The fraction of sp³-hybridized carbons (Fsp3) is 0.238. The number of carbonyl (C=O) groups is 2. The minimum atomic E-state index is -0.239. The molecule has 1 aromatic heterocycles. The Bertz CT molecular complexity index is 1110. The number of aromatic hydroxyl groups is 1. The molecule has 1 saturated heterocycles. The molecule has 9 heteroatoms. The Kier molecular flexibility index (Phi) is 5.54. The van der Waals surface area contributed by atoms with Gasteiger partial charge in [0.15, 0.2) is 5.69 Å². The first-order valence-corrected chi connectivity index (χ1v) is 10.3. The second-order valence-corrected chi connectivity index (χ2v) is 7.93. The molecule has 2 aromatic carbocycles. The van der Waals surface area contributed by atoms with Gasteiger partial charge in [0, 0.05) is 30.7 Å². The van der Waals surface area contributed by atoms with E-state index in [1.807, 2.05) is 31.2 Å². The average molecular weight is 470 g/mol. The van der Waals surface area contributed by atoms with E-state index < -0.39 is 0 Å². The highest BCUT2D eigenvalue weighted by Crippen LogP contribution is 2.21. The maximum atomic E-state index is 13.0. The van der Waals surface area contributed by atoms with Crippen LogP contribution in [0.3, 0.4) is 0 Å². The Morgan fingerprint density at radius 3 is 2.30 bits per heavy atom. The number of rotatable bonds is 3. The number of benzene rings is 2. The lowest BCUT2D eigenvalue weighted by Crippen LogP contribution is -2.50. The summed E-state index contributed by atoms with van der Waals surface area (Å²) in [6.07, 6.45) is 0. The van der Waals surface area contributed by atoms with Crippen molar-refractivity contribution in [3.63, 3.8) is 0 Å². The van der Waals surface area contributed by atoms with E-state index in [2.05, 4.69) is 26.2 Å². The van der Waals surface area contributed by atoms with Crippen LogP contribution in [0.15, 0.2) is 53.0 Å². The monoisotopic (exact) mass is 469 g/mol. The van der Waals surface area contributed by atoms with Crippen molar-refractivity contribution in [2.75, 3.05) is 26.2 Å². The number of amides is 2. The smallest absolute Gasteiger partial charge is 0.276 e. The van der Waals surface area contributed by atoms with Crippen molar-refractivity contribution < 1.29 is 14.7 Å². The molecule has 0 spiro atoms. The van der Waals surface area contributed by atoms with Gasteiger partial charge in [-0.15, -0.1) is 5.10 Å². The molecule has 1 aliphatic heterocycles. The number of carbonyl (C=O) groups excluding carboxylic acids is 2. The van der Waals surface area contributed by atoms with Crippen LogP contribution in [0.1, 0.15) is 26.5 Å². The summed E-state index contributed by atoms with van der Waals surface area (Å²) >= 11 is 3.44. The molecule has 4 rings (SSSR count). The molecule has 1 aliphatic rings. The van der Waals surface area contributed by atoms with Crippen molar-refractivity contribution in [1.82, 2.24) is 24.8 Å². The van der Waals surface area contributed by atoms with Crippen LogP contribution in [0.25, 0.3) is 5.69 Å². The zero-order chi connectivity index (χ0) is 21.3. The molecule has 30 heavy (non-hydrogen) atoms. The molecule has 1 N–H and O–H groups in total. The van der Waals surface area contributed by atoms with E-state index in [1.54, 1.807) is 32.7 Å². The van der Waals surface area contributed by atoms with Gasteiger partial charge in [-0.25, -0.2) is 4.68 Å². The second-order valence-electron chi connectivity index (χ2n) is 7.02. The third kappa shape index (κ3) is 3.80. The van der Waals surface area contributed by atoms with Crippen molar-refractivity contribution in [2.45, 2.75) is 6.92 Å². The Morgan fingerprint density at radius 2 is 1.63 bits per heavy atom. The van der Waals surface area contributed by atoms with E-state index in [-0.39, 0.29) is 23.1 Å². The average Bonchev–Trinajstić information content (AvgIpc) is 3.14. The summed E-state index contributed by atoms with van der Waals surface area (Å²) in [4.78, 5) is 29.0. The molecule has 0 atom stereocenters. The molecular formula is C21H20BrN5O3. The molecule has 0 aliphatic carbocycles. The Morgan fingerprint density at radius 1 is 0.967 bits per heavy atom. The molecule has 0 unspecified atom stereocenters. The van der Waals surface area contributed by atoms with E-state index in [1.165, 1.54) is 6.07 Å². The van der Waals surface area contributed by atoms with Gasteiger partial charge in [-0.2, -0.15) is 0 Å². The highest BCUT2D eigenvalue weighted by molar-refractivity contribution is 9.10. The first-order valence-electron chi connectivity index (χ1n) is 9.50. The first kappa shape index (κ1) is 20.1. The van der Waals surface area contributed by atoms with E-state index in [9.17, 15) is 14.7 Å². The van der Waals surface area contributed by atoms with Gasteiger partial charge in [0.1, 0.15) is 5.75 Å². The van der Waals surface area contributed by atoms with E-state index in [0.717, 1.165) is 10.2 Å². The minimum absolute atomic E-state index is 0.0409. The predicted octanol–water partition coefficient (Wildman–Crippen LogP) is 2.64. The van der Waals surface area contributed by atoms with E-state index >= 15 is 0 Å². The van der Waals surface area contributed by atoms with Crippen LogP contribution >= 0.6 is 15.9 Å². The van der Waals surface area contributed by atoms with Crippen molar-refractivity contribution in [3.8, 4) is 11.4 Å². The van der Waals surface area contributed by atoms with E-state index in [0.29, 0.717) is 37.6 Å². The molecule has 0 radical (unpaired) electrons. The molecular weight excluding hydrogens is 450 g/mol. The number of hydrogen-bond donors (Lipinski definition) is 1. The van der Waals surface area contributed by atoms with E-state index in [4.69, 9.17) is 0 Å². The van der Waals surface area contributed by atoms with Crippen LogP contribution in [-0.2, 0) is 0 Å². The van der Waals surface area contributed by atoms with Gasteiger partial charge in [-0.05, 0) is 37.3 Å². The lowest BCUT2D eigenvalue weighted by atomic mass is 10.1. The standard InChI is InChI=1S/C21H20BrN5O3/c1-14-19(23-24-27(14)16-6-4-5-15(22)13-16)21(30)26-11-9-25(10-12-26)20(29)17-7-2-3-8-18(17)28/h2-8,13,28H,9-12H2,1H3. The number of piperazine rings is 1. The number of hydrogen-bond acceptors (Lipinski definition) is 5. The Balaban J connectivity index is 1.45. The Labute approximate surface area is 181 Å². The van der Waals surface area contributed by atoms with Gasteiger partial charge >= 0.3 is 0 Å². The van der Waals surface area contributed by atoms with Crippen LogP contribution in [0.5, 0.6) is 5.75 Å². The van der Waals surface area contributed by atoms with Crippen LogP contribution < -0.4 is 0 Å². The second kappa shape index (κ2) is 8.27. The summed E-state index contributed by atoms with van der Waals surface area (Å²) in [5.74, 6) is -0.485. The van der Waals surface area contributed by atoms with Gasteiger partial charge in [-0.1, -0.05) is 39.3 Å². The van der Waals surface area contributed by atoms with Gasteiger partial charge < -0.3 is 14.9 Å². The van der Waals surface area contributed by atoms with Crippen LogP contribution in [0.4, 0.5) is 0 Å². The summed E-state index contributed by atoms with van der Waals surface area (Å²) < 4.78 is 2.55. The SMILES string of the molecule is Cc1c(C(=O)N2CCN(C(=O)c3ccccc3O)CC2)nnn1-c1cccc(Br)c1. The molecule has 2 amide bonds. The van der Waals surface area contributed by atoms with Crippen LogP contribution in [0, 0.1) is 6.92 Å². The molecule has 0 bridgehead atoms. The molecule has 3 aromatic rings. The highest BCUT2D eigenvalue weighted by atomic mass is 79.9. The zero-order valence-corrected chi connectivity index (χ0v) is 17.9. The predicted molar refractivity (Wildman–Crippen MR) is 114 cm³/mol. The van der Waals surface area contributed by atoms with Crippen molar-refractivity contribution in [3.05, 3.63) is 70.0 Å². The summed E-state index contributed by atoms with van der Waals surface area (Å²) in [7, 11) is 0. The lowest BCUT2D eigenvalue weighted by molar-refractivity contribution is 0.0530. The number of para-hydroxylation sites is 1.